The van der Waals surface area contributed by atoms with Gasteiger partial charge in [-0.15, -0.1) is 11.3 Å². The summed E-state index contributed by atoms with van der Waals surface area (Å²) < 4.78 is 2.12. The molecule has 4 heterocycles. The number of anilines is 3. The van der Waals surface area contributed by atoms with Crippen LogP contribution >= 0.6 is 11.3 Å². The Balaban J connectivity index is 1.23. The molecule has 194 valence electrons. The van der Waals surface area contributed by atoms with Crippen molar-refractivity contribution in [1.82, 2.24) is 34.5 Å². The summed E-state index contributed by atoms with van der Waals surface area (Å²) in [5.74, 6) is 0.480. The van der Waals surface area contributed by atoms with Crippen molar-refractivity contribution in [3.05, 3.63) is 41.2 Å². The van der Waals surface area contributed by atoms with Crippen LogP contribution in [0.3, 0.4) is 0 Å². The van der Waals surface area contributed by atoms with Crippen molar-refractivity contribution >= 4 is 39.0 Å². The highest BCUT2D eigenvalue weighted by molar-refractivity contribution is 7.15. The van der Waals surface area contributed by atoms with Crippen LogP contribution in [0.5, 0.6) is 0 Å². The van der Waals surface area contributed by atoms with Crippen LogP contribution < -0.4 is 11.1 Å². The number of nitrogen functional groups attached to an aromatic ring is 1. The maximum absolute atomic E-state index is 6.38. The summed E-state index contributed by atoms with van der Waals surface area (Å²) in [5, 5.41) is 10.3. The Morgan fingerprint density at radius 3 is 2.32 bits per heavy atom. The summed E-state index contributed by atoms with van der Waals surface area (Å²) in [6.45, 7) is 8.82. The smallest absolute Gasteiger partial charge is 0.187 e. The molecule has 10 heteroatoms. The fourth-order valence-electron chi connectivity index (χ4n) is 5.67. The fraction of sp³-hybridized carbons (Fsp3) is 0.481. The summed E-state index contributed by atoms with van der Waals surface area (Å²) >= 11 is 1.67. The van der Waals surface area contributed by atoms with Gasteiger partial charge in [-0.25, -0.2) is 19.6 Å². The van der Waals surface area contributed by atoms with E-state index >= 15 is 0 Å². The molecule has 0 spiro atoms. The van der Waals surface area contributed by atoms with Crippen molar-refractivity contribution in [2.75, 3.05) is 44.3 Å². The van der Waals surface area contributed by atoms with Gasteiger partial charge in [-0.1, -0.05) is 12.1 Å². The molecule has 1 saturated carbocycles. The highest BCUT2D eigenvalue weighted by atomic mass is 32.1. The van der Waals surface area contributed by atoms with Crippen LogP contribution in [-0.2, 0) is 0 Å². The van der Waals surface area contributed by atoms with E-state index in [4.69, 9.17) is 10.8 Å². The molecule has 0 atom stereocenters. The Hall–Kier alpha value is -3.08. The molecule has 2 aliphatic rings. The molecule has 1 aliphatic carbocycles. The molecule has 1 aromatic carbocycles. The number of rotatable bonds is 5. The molecule has 37 heavy (non-hydrogen) atoms. The predicted molar refractivity (Wildman–Crippen MR) is 150 cm³/mol. The van der Waals surface area contributed by atoms with Gasteiger partial charge < -0.3 is 16.0 Å². The van der Waals surface area contributed by atoms with Crippen LogP contribution in [0, 0.1) is 13.8 Å². The first-order valence-electron chi connectivity index (χ1n) is 13.2. The number of benzene rings is 1. The number of hydrogen-bond acceptors (Lipinski definition) is 9. The van der Waals surface area contributed by atoms with Crippen molar-refractivity contribution in [2.24, 2.45) is 0 Å². The number of nitrogens with one attached hydrogen (secondary N) is 1. The summed E-state index contributed by atoms with van der Waals surface area (Å²) in [4.78, 5) is 19.9. The van der Waals surface area contributed by atoms with Crippen LogP contribution in [0.25, 0.3) is 22.3 Å². The van der Waals surface area contributed by atoms with Crippen molar-refractivity contribution < 1.29 is 0 Å². The van der Waals surface area contributed by atoms with Gasteiger partial charge in [-0.3, -0.25) is 4.90 Å². The summed E-state index contributed by atoms with van der Waals surface area (Å²) in [5.41, 5.74) is 11.1. The molecule has 1 saturated heterocycles. The van der Waals surface area contributed by atoms with Crippen molar-refractivity contribution in [2.45, 2.75) is 51.6 Å². The number of hydrogen-bond donors (Lipinski definition) is 2. The Labute approximate surface area is 221 Å². The first-order chi connectivity index (χ1) is 18.0. The average molecular weight is 518 g/mol. The Morgan fingerprint density at radius 1 is 0.946 bits per heavy atom. The van der Waals surface area contributed by atoms with E-state index in [1.165, 1.54) is 43.9 Å². The number of fused-ring (bicyclic) bond motifs is 1. The molecular weight excluding hydrogens is 482 g/mol. The monoisotopic (exact) mass is 517 g/mol. The zero-order valence-corrected chi connectivity index (χ0v) is 22.6. The highest BCUT2D eigenvalue weighted by Gasteiger charge is 2.30. The number of thiazole rings is 1. The second-order valence-corrected chi connectivity index (χ2v) is 11.6. The number of piperazine rings is 1. The quantitative estimate of drug-likeness (QED) is 0.395. The van der Waals surface area contributed by atoms with Gasteiger partial charge in [0.25, 0.3) is 0 Å². The van der Waals surface area contributed by atoms with E-state index in [0.717, 1.165) is 51.6 Å². The van der Waals surface area contributed by atoms with Gasteiger partial charge in [0.1, 0.15) is 17.8 Å². The Bertz CT molecular complexity index is 1360. The number of likely N-dealkylation sites (N-methyl/N-ethyl adjacent to an activating group) is 1. The van der Waals surface area contributed by atoms with Crippen LogP contribution in [0.1, 0.15) is 42.3 Å². The Kier molecular flexibility index (Phi) is 6.56. The standard InChI is InChI=1S/C27H35N9S/c1-17-18(2)37-27(31-17)32-20-6-4-19(5-7-20)24-23-25(28)29-16-30-26(23)36(33-24)22-10-8-21(9-11-22)35-14-12-34(3)13-15-35/h4-7,16,21-22H,8-15H2,1-3H3,(H,31,32)(H2,28,29,30). The molecule has 0 unspecified atom stereocenters. The molecule has 0 radical (unpaired) electrons. The average Bonchev–Trinajstić information content (AvgIpc) is 3.45. The summed E-state index contributed by atoms with van der Waals surface area (Å²) in [6.07, 6.45) is 6.16. The van der Waals surface area contributed by atoms with Gasteiger partial charge in [0.2, 0.25) is 0 Å². The Morgan fingerprint density at radius 2 is 1.65 bits per heavy atom. The largest absolute Gasteiger partial charge is 0.383 e. The fourth-order valence-corrected chi connectivity index (χ4v) is 6.50. The molecule has 3 aromatic heterocycles. The minimum Gasteiger partial charge on any atom is -0.383 e. The van der Waals surface area contributed by atoms with Crippen LogP contribution in [0.2, 0.25) is 0 Å². The molecular formula is C27H35N9S. The molecule has 1 aliphatic heterocycles. The number of nitrogens with two attached hydrogens (primary N) is 1. The van der Waals surface area contributed by atoms with E-state index in [9.17, 15) is 0 Å². The molecule has 9 nitrogen and oxygen atoms in total. The lowest BCUT2D eigenvalue weighted by Crippen LogP contribution is -2.49. The zero-order valence-electron chi connectivity index (χ0n) is 21.8. The van der Waals surface area contributed by atoms with Gasteiger partial charge in [0, 0.05) is 48.3 Å². The second-order valence-electron chi connectivity index (χ2n) is 10.4. The van der Waals surface area contributed by atoms with E-state index in [0.29, 0.717) is 17.9 Å². The van der Waals surface area contributed by atoms with E-state index in [-0.39, 0.29) is 0 Å². The molecule has 4 aromatic rings. The molecule has 3 N–H and O–H groups in total. The first-order valence-corrected chi connectivity index (χ1v) is 14.0. The van der Waals surface area contributed by atoms with Crippen molar-refractivity contribution in [3.63, 3.8) is 0 Å². The molecule has 0 bridgehead atoms. The third kappa shape index (κ3) is 4.81. The van der Waals surface area contributed by atoms with Gasteiger partial charge >= 0.3 is 0 Å². The van der Waals surface area contributed by atoms with Crippen molar-refractivity contribution in [1.29, 1.82) is 0 Å². The van der Waals surface area contributed by atoms with E-state index < -0.39 is 0 Å². The topological polar surface area (TPSA) is 101 Å². The number of nitrogens with zero attached hydrogens (tertiary/aromatic N) is 7. The van der Waals surface area contributed by atoms with Crippen LogP contribution in [-0.4, -0.2) is 73.8 Å². The maximum Gasteiger partial charge on any atom is 0.187 e. The van der Waals surface area contributed by atoms with Crippen LogP contribution in [0.4, 0.5) is 16.6 Å². The van der Waals surface area contributed by atoms with Gasteiger partial charge in [0.15, 0.2) is 10.8 Å². The lowest BCUT2D eigenvalue weighted by molar-refractivity contribution is 0.0815. The van der Waals surface area contributed by atoms with Gasteiger partial charge in [0.05, 0.1) is 17.1 Å². The van der Waals surface area contributed by atoms with Gasteiger partial charge in [-0.05, 0) is 58.7 Å². The second kappa shape index (κ2) is 10.00. The van der Waals surface area contributed by atoms with E-state index in [2.05, 4.69) is 73.0 Å². The third-order valence-electron chi connectivity index (χ3n) is 8.02. The predicted octanol–water partition coefficient (Wildman–Crippen LogP) is 4.62. The summed E-state index contributed by atoms with van der Waals surface area (Å²) in [6, 6.07) is 9.29. The summed E-state index contributed by atoms with van der Waals surface area (Å²) in [7, 11) is 2.22. The molecule has 2 fully saturated rings. The highest BCUT2D eigenvalue weighted by Crippen LogP contribution is 2.37. The zero-order chi connectivity index (χ0) is 25.5. The number of aryl methyl sites for hydroxylation is 2. The first kappa shape index (κ1) is 24.3. The number of aromatic nitrogens is 5. The molecule has 6 rings (SSSR count). The third-order valence-corrected chi connectivity index (χ3v) is 9.01. The van der Waals surface area contributed by atoms with Crippen molar-refractivity contribution in [3.8, 4) is 11.3 Å². The lowest BCUT2D eigenvalue weighted by Gasteiger charge is -2.41. The van der Waals surface area contributed by atoms with Gasteiger partial charge in [-0.2, -0.15) is 5.10 Å². The minimum atomic E-state index is 0.326. The van der Waals surface area contributed by atoms with Crippen LogP contribution in [0.15, 0.2) is 30.6 Å². The van der Waals surface area contributed by atoms with E-state index in [1.54, 1.807) is 17.7 Å². The molecule has 0 amide bonds. The minimum absolute atomic E-state index is 0.326. The lowest BCUT2D eigenvalue weighted by atomic mass is 9.90. The van der Waals surface area contributed by atoms with E-state index in [1.807, 2.05) is 6.92 Å². The maximum atomic E-state index is 6.38. The normalized spacial score (nSPS) is 21.5. The SMILES string of the molecule is Cc1nc(Nc2ccc(-c3nn(C4CCC(N5CCN(C)CC5)CC4)c4ncnc(N)c34)cc2)sc1C.